The van der Waals surface area contributed by atoms with Crippen LogP contribution in [0.5, 0.6) is 0 Å². The van der Waals surface area contributed by atoms with E-state index in [-0.39, 0.29) is 13.2 Å². The number of hydrogen-bond acceptors (Lipinski definition) is 5. The highest BCUT2D eigenvalue weighted by atomic mass is 16.3. The van der Waals surface area contributed by atoms with Crippen molar-refractivity contribution in [3.63, 3.8) is 0 Å². The van der Waals surface area contributed by atoms with E-state index in [2.05, 4.69) is 6.92 Å². The molecule has 4 atom stereocenters. The zero-order valence-corrected chi connectivity index (χ0v) is 12.6. The Labute approximate surface area is 122 Å². The van der Waals surface area contributed by atoms with Crippen molar-refractivity contribution in [1.82, 2.24) is 4.90 Å². The van der Waals surface area contributed by atoms with Crippen LogP contribution in [0.25, 0.3) is 0 Å². The van der Waals surface area contributed by atoms with Gasteiger partial charge in [-0.3, -0.25) is 4.90 Å². The fraction of sp³-hybridized carbons (Fsp3) is 1.00. The Bertz CT molecular complexity index is 236. The molecule has 0 unspecified atom stereocenters. The summed E-state index contributed by atoms with van der Waals surface area (Å²) in [7, 11) is 0. The van der Waals surface area contributed by atoms with Gasteiger partial charge in [-0.25, -0.2) is 0 Å². The predicted molar refractivity (Wildman–Crippen MR) is 78.5 cm³/mol. The Balaban J connectivity index is 2.29. The quantitative estimate of drug-likeness (QED) is 0.440. The summed E-state index contributed by atoms with van der Waals surface area (Å²) in [4.78, 5) is 1.86. The first-order valence-electron chi connectivity index (χ1n) is 8.01. The monoisotopic (exact) mass is 289 g/mol. The van der Waals surface area contributed by atoms with Crippen molar-refractivity contribution in [3.8, 4) is 0 Å². The van der Waals surface area contributed by atoms with Gasteiger partial charge in [-0.15, -0.1) is 0 Å². The van der Waals surface area contributed by atoms with Crippen molar-refractivity contribution < 1.29 is 20.4 Å². The van der Waals surface area contributed by atoms with Gasteiger partial charge in [0.1, 0.15) is 0 Å². The lowest BCUT2D eigenvalue weighted by atomic mass is 10.1. The smallest absolute Gasteiger partial charge is 0.0992 e. The van der Waals surface area contributed by atoms with E-state index >= 15 is 0 Å². The second-order valence-corrected chi connectivity index (χ2v) is 5.84. The molecule has 0 spiro atoms. The third-order valence-electron chi connectivity index (χ3n) is 4.38. The SMILES string of the molecule is CCCCCCCCCN1[C@@H](CO)[C@H](O)[C@@H](O)[C@@H]1CO. The van der Waals surface area contributed by atoms with Crippen molar-refractivity contribution in [2.75, 3.05) is 19.8 Å². The summed E-state index contributed by atoms with van der Waals surface area (Å²) in [5.41, 5.74) is 0. The number of unbranched alkanes of at least 4 members (excludes halogenated alkanes) is 6. The maximum absolute atomic E-state index is 9.87. The molecule has 0 amide bonds. The number of aliphatic hydroxyl groups excluding tert-OH is 4. The topological polar surface area (TPSA) is 84.2 Å². The van der Waals surface area contributed by atoms with Gasteiger partial charge in [0.15, 0.2) is 0 Å². The number of aliphatic hydroxyl groups is 4. The lowest BCUT2D eigenvalue weighted by Crippen LogP contribution is -2.43. The van der Waals surface area contributed by atoms with Gasteiger partial charge >= 0.3 is 0 Å². The van der Waals surface area contributed by atoms with Gasteiger partial charge in [-0.1, -0.05) is 45.4 Å². The molecule has 1 aliphatic heterocycles. The van der Waals surface area contributed by atoms with Crippen molar-refractivity contribution >= 4 is 0 Å². The third kappa shape index (κ3) is 4.67. The molecule has 0 aromatic carbocycles. The first kappa shape index (κ1) is 17.9. The molecule has 1 aliphatic rings. The van der Waals surface area contributed by atoms with Crippen LogP contribution >= 0.6 is 0 Å². The molecule has 0 radical (unpaired) electrons. The molecule has 4 N–H and O–H groups in total. The molecule has 1 saturated heterocycles. The van der Waals surface area contributed by atoms with Crippen LogP contribution in [-0.4, -0.2) is 69.4 Å². The molecule has 0 aromatic rings. The zero-order valence-electron chi connectivity index (χ0n) is 12.6. The van der Waals surface area contributed by atoms with Crippen LogP contribution in [0.4, 0.5) is 0 Å². The first-order chi connectivity index (χ1) is 9.67. The Morgan fingerprint density at radius 3 is 1.65 bits per heavy atom. The van der Waals surface area contributed by atoms with Gasteiger partial charge in [-0.2, -0.15) is 0 Å². The van der Waals surface area contributed by atoms with E-state index in [4.69, 9.17) is 0 Å². The normalized spacial score (nSPS) is 31.1. The van der Waals surface area contributed by atoms with E-state index in [0.29, 0.717) is 6.54 Å². The van der Waals surface area contributed by atoms with Crippen LogP contribution < -0.4 is 0 Å². The molecule has 5 heteroatoms. The maximum Gasteiger partial charge on any atom is 0.0992 e. The molecule has 0 bridgehead atoms. The fourth-order valence-electron chi connectivity index (χ4n) is 3.10. The maximum atomic E-state index is 9.87. The molecule has 20 heavy (non-hydrogen) atoms. The Morgan fingerprint density at radius 2 is 1.20 bits per heavy atom. The average Bonchev–Trinajstić information content (AvgIpc) is 2.69. The number of hydrogen-bond donors (Lipinski definition) is 4. The van der Waals surface area contributed by atoms with E-state index in [1.807, 2.05) is 4.90 Å². The van der Waals surface area contributed by atoms with Gasteiger partial charge < -0.3 is 20.4 Å². The summed E-state index contributed by atoms with van der Waals surface area (Å²) >= 11 is 0. The van der Waals surface area contributed by atoms with Crippen LogP contribution in [0.1, 0.15) is 51.9 Å². The Kier molecular flexibility index (Phi) is 8.64. The molecular weight excluding hydrogens is 258 g/mol. The third-order valence-corrected chi connectivity index (χ3v) is 4.38. The fourth-order valence-corrected chi connectivity index (χ4v) is 3.10. The predicted octanol–water partition coefficient (Wildman–Crippen LogP) is 0.496. The van der Waals surface area contributed by atoms with E-state index in [0.717, 1.165) is 12.8 Å². The molecule has 0 aromatic heterocycles. The van der Waals surface area contributed by atoms with E-state index in [1.54, 1.807) is 0 Å². The van der Waals surface area contributed by atoms with Gasteiger partial charge in [0, 0.05) is 0 Å². The number of rotatable bonds is 10. The molecular formula is C15H31NO4. The zero-order chi connectivity index (χ0) is 15.0. The van der Waals surface area contributed by atoms with Crippen LogP contribution in [-0.2, 0) is 0 Å². The molecule has 1 heterocycles. The lowest BCUT2D eigenvalue weighted by Gasteiger charge is -2.28. The minimum absolute atomic E-state index is 0.189. The summed E-state index contributed by atoms with van der Waals surface area (Å²) in [6, 6.07) is -0.913. The van der Waals surface area contributed by atoms with Crippen molar-refractivity contribution in [2.24, 2.45) is 0 Å². The second kappa shape index (κ2) is 9.68. The molecule has 5 nitrogen and oxygen atoms in total. The highest BCUT2D eigenvalue weighted by Gasteiger charge is 2.46. The lowest BCUT2D eigenvalue weighted by molar-refractivity contribution is 0.0130. The van der Waals surface area contributed by atoms with Gasteiger partial charge in [0.05, 0.1) is 37.5 Å². The molecule has 1 rings (SSSR count). The first-order valence-corrected chi connectivity index (χ1v) is 8.01. The van der Waals surface area contributed by atoms with Crippen LogP contribution in [0.15, 0.2) is 0 Å². The molecule has 120 valence electrons. The van der Waals surface area contributed by atoms with Gasteiger partial charge in [0.25, 0.3) is 0 Å². The Morgan fingerprint density at radius 1 is 0.750 bits per heavy atom. The highest BCUT2D eigenvalue weighted by Crippen LogP contribution is 2.25. The number of likely N-dealkylation sites (tertiary alicyclic amines) is 1. The average molecular weight is 289 g/mol. The number of nitrogens with zero attached hydrogens (tertiary/aromatic N) is 1. The summed E-state index contributed by atoms with van der Waals surface area (Å²) in [6.45, 7) is 2.53. The summed E-state index contributed by atoms with van der Waals surface area (Å²) in [5.74, 6) is 0. The second-order valence-electron chi connectivity index (χ2n) is 5.84. The van der Waals surface area contributed by atoms with E-state index in [9.17, 15) is 20.4 Å². The van der Waals surface area contributed by atoms with Crippen molar-refractivity contribution in [3.05, 3.63) is 0 Å². The van der Waals surface area contributed by atoms with Crippen LogP contribution in [0.2, 0.25) is 0 Å². The van der Waals surface area contributed by atoms with Gasteiger partial charge in [0.2, 0.25) is 0 Å². The highest BCUT2D eigenvalue weighted by molar-refractivity contribution is 5.00. The van der Waals surface area contributed by atoms with Crippen molar-refractivity contribution in [2.45, 2.75) is 76.2 Å². The van der Waals surface area contributed by atoms with Crippen molar-refractivity contribution in [1.29, 1.82) is 0 Å². The summed E-state index contributed by atoms with van der Waals surface area (Å²) in [6.07, 6.45) is 6.43. The van der Waals surface area contributed by atoms with Crippen LogP contribution in [0, 0.1) is 0 Å². The summed E-state index contributed by atoms with van der Waals surface area (Å²) < 4.78 is 0. The summed E-state index contributed by atoms with van der Waals surface area (Å²) in [5, 5.41) is 38.4. The molecule has 0 saturated carbocycles. The molecule has 1 fully saturated rings. The van der Waals surface area contributed by atoms with E-state index in [1.165, 1.54) is 32.1 Å². The minimum atomic E-state index is -0.971. The minimum Gasteiger partial charge on any atom is -0.395 e. The molecule has 0 aliphatic carbocycles. The van der Waals surface area contributed by atoms with Crippen LogP contribution in [0.3, 0.4) is 0 Å². The Hall–Kier alpha value is -0.200. The van der Waals surface area contributed by atoms with Gasteiger partial charge in [-0.05, 0) is 13.0 Å². The standard InChI is InChI=1S/C15H31NO4/c1-2-3-4-5-6-7-8-9-16-12(10-17)14(19)15(20)13(16)11-18/h12-15,17-20H,2-11H2,1H3/t12-,13-,14-,15-/m0/s1. The van der Waals surface area contributed by atoms with E-state index < -0.39 is 24.3 Å². The largest absolute Gasteiger partial charge is 0.395 e.